The molecule has 102 valence electrons. The highest BCUT2D eigenvalue weighted by Crippen LogP contribution is 2.63. The Morgan fingerprint density at radius 3 is 2.90 bits per heavy atom. The maximum Gasteiger partial charge on any atom is 0.0512 e. The molecule has 1 heterocycles. The Kier molecular flexibility index (Phi) is 2.83. The predicted molar refractivity (Wildman–Crippen MR) is 78.8 cm³/mol. The number of hydrazine groups is 1. The molecule has 0 radical (unpaired) electrons. The van der Waals surface area contributed by atoms with E-state index in [1.165, 1.54) is 29.5 Å². The van der Waals surface area contributed by atoms with Gasteiger partial charge in [-0.1, -0.05) is 30.3 Å². The van der Waals surface area contributed by atoms with Gasteiger partial charge in [-0.15, -0.1) is 0 Å². The molecule has 4 rings (SSSR count). The Labute approximate surface area is 119 Å². The second-order valence-electron chi connectivity index (χ2n) is 5.94. The standard InChI is InChI=1S/C17H19N3/c18-20-17(12-5-3-9-19-10-12)16-14-8-7-11-4-1-2-6-13(11)15(14)16/h1-6,9-10,14-17,20H,7-8,18H2. The summed E-state index contributed by atoms with van der Waals surface area (Å²) in [5.74, 6) is 7.88. The zero-order chi connectivity index (χ0) is 13.5. The van der Waals surface area contributed by atoms with E-state index >= 15 is 0 Å². The molecule has 1 aromatic heterocycles. The van der Waals surface area contributed by atoms with Gasteiger partial charge in [0.15, 0.2) is 0 Å². The van der Waals surface area contributed by atoms with E-state index < -0.39 is 0 Å². The molecule has 2 aliphatic carbocycles. The van der Waals surface area contributed by atoms with Crippen molar-refractivity contribution in [1.29, 1.82) is 0 Å². The van der Waals surface area contributed by atoms with Crippen LogP contribution in [0.5, 0.6) is 0 Å². The van der Waals surface area contributed by atoms with Crippen molar-refractivity contribution >= 4 is 0 Å². The first-order valence-electron chi connectivity index (χ1n) is 7.34. The first-order chi connectivity index (χ1) is 9.90. The molecule has 3 nitrogen and oxygen atoms in total. The predicted octanol–water partition coefficient (Wildman–Crippen LogP) is 2.56. The zero-order valence-electron chi connectivity index (χ0n) is 11.4. The molecule has 1 saturated carbocycles. The first-order valence-corrected chi connectivity index (χ1v) is 7.34. The molecule has 0 aliphatic heterocycles. The summed E-state index contributed by atoms with van der Waals surface area (Å²) in [6.45, 7) is 0. The third kappa shape index (κ3) is 1.78. The van der Waals surface area contributed by atoms with Crippen LogP contribution in [0.4, 0.5) is 0 Å². The normalized spacial score (nSPS) is 28.4. The summed E-state index contributed by atoms with van der Waals surface area (Å²) >= 11 is 0. The fraction of sp³-hybridized carbons (Fsp3) is 0.353. The Hall–Kier alpha value is -1.71. The van der Waals surface area contributed by atoms with Gasteiger partial charge >= 0.3 is 0 Å². The number of hydrogen-bond donors (Lipinski definition) is 2. The van der Waals surface area contributed by atoms with Crippen LogP contribution < -0.4 is 11.3 Å². The first kappa shape index (κ1) is 12.1. The molecule has 2 aliphatic rings. The Bertz CT molecular complexity index is 611. The summed E-state index contributed by atoms with van der Waals surface area (Å²) in [5, 5.41) is 0. The van der Waals surface area contributed by atoms with Crippen molar-refractivity contribution in [3.05, 3.63) is 65.5 Å². The third-order valence-electron chi connectivity index (χ3n) is 5.00. The third-order valence-corrected chi connectivity index (χ3v) is 5.00. The average molecular weight is 265 g/mol. The minimum absolute atomic E-state index is 0.213. The van der Waals surface area contributed by atoms with Gasteiger partial charge in [-0.3, -0.25) is 16.3 Å². The summed E-state index contributed by atoms with van der Waals surface area (Å²) in [5.41, 5.74) is 7.29. The molecular weight excluding hydrogens is 246 g/mol. The van der Waals surface area contributed by atoms with Crippen molar-refractivity contribution < 1.29 is 0 Å². The highest BCUT2D eigenvalue weighted by Gasteiger charge is 2.56. The van der Waals surface area contributed by atoms with E-state index in [1.807, 2.05) is 18.5 Å². The molecule has 2 aromatic rings. The van der Waals surface area contributed by atoms with Gasteiger partial charge in [0.25, 0.3) is 0 Å². The van der Waals surface area contributed by atoms with Crippen molar-refractivity contribution in [3.8, 4) is 0 Å². The number of hydrogen-bond acceptors (Lipinski definition) is 3. The van der Waals surface area contributed by atoms with E-state index in [4.69, 9.17) is 5.84 Å². The summed E-state index contributed by atoms with van der Waals surface area (Å²) in [7, 11) is 0. The van der Waals surface area contributed by atoms with Crippen LogP contribution in [0, 0.1) is 11.8 Å². The lowest BCUT2D eigenvalue weighted by atomic mass is 9.92. The quantitative estimate of drug-likeness (QED) is 0.662. The van der Waals surface area contributed by atoms with E-state index in [-0.39, 0.29) is 6.04 Å². The van der Waals surface area contributed by atoms with Gasteiger partial charge in [-0.2, -0.15) is 0 Å². The number of rotatable bonds is 3. The van der Waals surface area contributed by atoms with Crippen molar-refractivity contribution in [2.45, 2.75) is 24.8 Å². The van der Waals surface area contributed by atoms with E-state index in [9.17, 15) is 0 Å². The second kappa shape index (κ2) is 4.69. The van der Waals surface area contributed by atoms with Crippen LogP contribution in [0.2, 0.25) is 0 Å². The average Bonchev–Trinajstić information content (AvgIpc) is 3.24. The monoisotopic (exact) mass is 265 g/mol. The van der Waals surface area contributed by atoms with E-state index in [0.29, 0.717) is 11.8 Å². The number of nitrogens with zero attached hydrogens (tertiary/aromatic N) is 1. The minimum atomic E-state index is 0.213. The number of aryl methyl sites for hydroxylation is 1. The number of fused-ring (bicyclic) bond motifs is 3. The van der Waals surface area contributed by atoms with E-state index in [0.717, 1.165) is 5.92 Å². The molecule has 1 aromatic carbocycles. The zero-order valence-corrected chi connectivity index (χ0v) is 11.4. The largest absolute Gasteiger partial charge is 0.271 e. The van der Waals surface area contributed by atoms with Crippen molar-refractivity contribution in [2.24, 2.45) is 17.7 Å². The molecule has 20 heavy (non-hydrogen) atoms. The molecule has 4 unspecified atom stereocenters. The molecule has 1 fully saturated rings. The summed E-state index contributed by atoms with van der Waals surface area (Å²) in [6, 6.07) is 13.2. The summed E-state index contributed by atoms with van der Waals surface area (Å²) < 4.78 is 0. The minimum Gasteiger partial charge on any atom is -0.271 e. The number of pyridine rings is 1. The molecule has 0 bridgehead atoms. The highest BCUT2D eigenvalue weighted by molar-refractivity contribution is 5.41. The van der Waals surface area contributed by atoms with Crippen molar-refractivity contribution in [1.82, 2.24) is 10.4 Å². The van der Waals surface area contributed by atoms with Crippen LogP contribution >= 0.6 is 0 Å². The maximum atomic E-state index is 5.84. The van der Waals surface area contributed by atoms with Crippen LogP contribution in [-0.2, 0) is 6.42 Å². The molecule has 4 atom stereocenters. The van der Waals surface area contributed by atoms with Crippen LogP contribution in [0.1, 0.15) is 35.1 Å². The number of nitrogens with two attached hydrogens (primary N) is 1. The van der Waals surface area contributed by atoms with Crippen LogP contribution in [0.25, 0.3) is 0 Å². The van der Waals surface area contributed by atoms with Gasteiger partial charge in [0.05, 0.1) is 6.04 Å². The highest BCUT2D eigenvalue weighted by atomic mass is 15.2. The SMILES string of the molecule is NNC(c1cccnc1)C1C2CCc3ccccc3C21. The number of nitrogens with one attached hydrogen (secondary N) is 1. The van der Waals surface area contributed by atoms with Gasteiger partial charge in [-0.25, -0.2) is 0 Å². The van der Waals surface area contributed by atoms with Gasteiger partial charge in [0, 0.05) is 12.4 Å². The van der Waals surface area contributed by atoms with Crippen LogP contribution in [-0.4, -0.2) is 4.98 Å². The Balaban J connectivity index is 1.66. The lowest BCUT2D eigenvalue weighted by Gasteiger charge is -2.16. The fourth-order valence-electron chi connectivity index (χ4n) is 4.06. The fourth-order valence-corrected chi connectivity index (χ4v) is 4.06. The lowest BCUT2D eigenvalue weighted by Crippen LogP contribution is -2.30. The molecule has 0 spiro atoms. The summed E-state index contributed by atoms with van der Waals surface area (Å²) in [4.78, 5) is 4.23. The van der Waals surface area contributed by atoms with E-state index in [2.05, 4.69) is 40.7 Å². The molecular formula is C17H19N3. The molecule has 0 amide bonds. The maximum absolute atomic E-state index is 5.84. The smallest absolute Gasteiger partial charge is 0.0512 e. The van der Waals surface area contributed by atoms with Crippen LogP contribution in [0.15, 0.2) is 48.8 Å². The topological polar surface area (TPSA) is 50.9 Å². The summed E-state index contributed by atoms with van der Waals surface area (Å²) in [6.07, 6.45) is 6.23. The lowest BCUT2D eigenvalue weighted by molar-refractivity contribution is 0.459. The second-order valence-corrected chi connectivity index (χ2v) is 5.94. The van der Waals surface area contributed by atoms with Gasteiger partial charge in [0.1, 0.15) is 0 Å². The Morgan fingerprint density at radius 1 is 1.20 bits per heavy atom. The van der Waals surface area contributed by atoms with Gasteiger partial charge in [0.2, 0.25) is 0 Å². The van der Waals surface area contributed by atoms with Crippen molar-refractivity contribution in [3.63, 3.8) is 0 Å². The van der Waals surface area contributed by atoms with Crippen LogP contribution in [0.3, 0.4) is 0 Å². The van der Waals surface area contributed by atoms with Gasteiger partial charge in [-0.05, 0) is 53.4 Å². The van der Waals surface area contributed by atoms with E-state index in [1.54, 1.807) is 0 Å². The molecule has 3 N–H and O–H groups in total. The number of benzene rings is 1. The van der Waals surface area contributed by atoms with Crippen molar-refractivity contribution in [2.75, 3.05) is 0 Å². The molecule has 0 saturated heterocycles. The van der Waals surface area contributed by atoms with Gasteiger partial charge < -0.3 is 0 Å². The number of aromatic nitrogens is 1. The molecule has 3 heteroatoms. The Morgan fingerprint density at radius 2 is 2.10 bits per heavy atom.